The highest BCUT2D eigenvalue weighted by molar-refractivity contribution is 6.30. The molecule has 24 heavy (non-hydrogen) atoms. The van der Waals surface area contributed by atoms with Crippen molar-refractivity contribution in [1.82, 2.24) is 5.32 Å². The van der Waals surface area contributed by atoms with Gasteiger partial charge in [0.1, 0.15) is 11.5 Å². The topological polar surface area (TPSA) is 47.6 Å². The number of carbonyl (C=O) groups is 1. The van der Waals surface area contributed by atoms with Crippen LogP contribution >= 0.6 is 11.6 Å². The van der Waals surface area contributed by atoms with E-state index in [9.17, 15) is 13.6 Å². The molecule has 0 aliphatic carbocycles. The average Bonchev–Trinajstić information content (AvgIpc) is 2.55. The van der Waals surface area contributed by atoms with Gasteiger partial charge in [0, 0.05) is 11.6 Å². The van der Waals surface area contributed by atoms with Crippen LogP contribution in [0, 0.1) is 0 Å². The molecule has 0 unspecified atom stereocenters. The number of hydrogen-bond acceptors (Lipinski definition) is 3. The van der Waals surface area contributed by atoms with Crippen LogP contribution in [0.2, 0.25) is 5.02 Å². The number of alkyl halides is 2. The highest BCUT2D eigenvalue weighted by atomic mass is 35.5. The van der Waals surface area contributed by atoms with Crippen molar-refractivity contribution < 1.29 is 23.0 Å². The zero-order valence-electron chi connectivity index (χ0n) is 12.7. The summed E-state index contributed by atoms with van der Waals surface area (Å²) in [6.45, 7) is -2.74. The minimum atomic E-state index is -2.88. The molecule has 0 heterocycles. The van der Waals surface area contributed by atoms with Gasteiger partial charge in [0.25, 0.3) is 5.91 Å². The third-order valence-electron chi connectivity index (χ3n) is 3.09. The summed E-state index contributed by atoms with van der Waals surface area (Å²) in [4.78, 5) is 11.7. The summed E-state index contributed by atoms with van der Waals surface area (Å²) in [7, 11) is 0. The molecule has 7 heteroatoms. The molecule has 4 nitrogen and oxygen atoms in total. The van der Waals surface area contributed by atoms with Crippen molar-refractivity contribution in [2.45, 2.75) is 13.0 Å². The Morgan fingerprint density at radius 1 is 1.12 bits per heavy atom. The molecule has 0 aromatic heterocycles. The van der Waals surface area contributed by atoms with Crippen LogP contribution in [0.1, 0.15) is 5.56 Å². The Hall–Kier alpha value is -2.34. The van der Waals surface area contributed by atoms with E-state index in [4.69, 9.17) is 16.3 Å². The molecule has 0 bridgehead atoms. The van der Waals surface area contributed by atoms with E-state index in [0.717, 1.165) is 0 Å². The smallest absolute Gasteiger partial charge is 0.387 e. The lowest BCUT2D eigenvalue weighted by Crippen LogP contribution is -2.30. The lowest BCUT2D eigenvalue weighted by molar-refractivity contribution is -0.123. The first-order valence-electron chi connectivity index (χ1n) is 7.22. The van der Waals surface area contributed by atoms with Gasteiger partial charge in [-0.05, 0) is 42.3 Å². The van der Waals surface area contributed by atoms with Crippen LogP contribution in [0.4, 0.5) is 8.78 Å². The van der Waals surface area contributed by atoms with Crippen LogP contribution in [-0.2, 0) is 11.2 Å². The predicted molar refractivity (Wildman–Crippen MR) is 86.7 cm³/mol. The number of halogens is 3. The third-order valence-corrected chi connectivity index (χ3v) is 3.34. The van der Waals surface area contributed by atoms with Crippen LogP contribution in [0.5, 0.6) is 11.5 Å². The van der Waals surface area contributed by atoms with Gasteiger partial charge in [-0.15, -0.1) is 0 Å². The van der Waals surface area contributed by atoms with Gasteiger partial charge in [-0.3, -0.25) is 4.79 Å². The Labute approximate surface area is 143 Å². The summed E-state index contributed by atoms with van der Waals surface area (Å²) >= 11 is 5.75. The van der Waals surface area contributed by atoms with Crippen molar-refractivity contribution in [2.24, 2.45) is 0 Å². The molecule has 2 rings (SSSR count). The van der Waals surface area contributed by atoms with Crippen molar-refractivity contribution in [1.29, 1.82) is 0 Å². The van der Waals surface area contributed by atoms with E-state index in [0.29, 0.717) is 22.8 Å². The molecule has 0 saturated carbocycles. The molecule has 0 fully saturated rings. The molecule has 0 saturated heterocycles. The molecule has 0 atom stereocenters. The number of carbonyl (C=O) groups excluding carboxylic acids is 1. The van der Waals surface area contributed by atoms with Gasteiger partial charge in [-0.1, -0.05) is 29.8 Å². The molecule has 0 aliphatic heterocycles. The first kappa shape index (κ1) is 18.0. The summed E-state index contributed by atoms with van der Waals surface area (Å²) in [6, 6.07) is 13.1. The minimum Gasteiger partial charge on any atom is -0.484 e. The number of hydrogen-bond donors (Lipinski definition) is 1. The fourth-order valence-corrected chi connectivity index (χ4v) is 2.11. The van der Waals surface area contributed by atoms with E-state index in [-0.39, 0.29) is 24.8 Å². The summed E-state index contributed by atoms with van der Waals surface area (Å²) in [5.74, 6) is 0.335. The maximum absolute atomic E-state index is 12.3. The highest BCUT2D eigenvalue weighted by Crippen LogP contribution is 2.20. The van der Waals surface area contributed by atoms with Gasteiger partial charge in [-0.25, -0.2) is 0 Å². The lowest BCUT2D eigenvalue weighted by atomic mass is 10.1. The maximum Gasteiger partial charge on any atom is 0.387 e. The van der Waals surface area contributed by atoms with Gasteiger partial charge in [0.15, 0.2) is 6.61 Å². The maximum atomic E-state index is 12.3. The summed E-state index contributed by atoms with van der Waals surface area (Å²) in [5, 5.41) is 3.24. The fourth-order valence-electron chi connectivity index (χ4n) is 1.99. The Kier molecular flexibility index (Phi) is 6.81. The largest absolute Gasteiger partial charge is 0.484 e. The molecular weight excluding hydrogens is 340 g/mol. The molecule has 2 aromatic rings. The van der Waals surface area contributed by atoms with Crippen molar-refractivity contribution in [2.75, 3.05) is 13.2 Å². The SMILES string of the molecule is O=C(COc1ccc(Cl)cc1)NCCc1ccccc1OC(F)F. The molecule has 1 amide bonds. The second-order valence-electron chi connectivity index (χ2n) is 4.83. The summed E-state index contributed by atoms with van der Waals surface area (Å²) in [6.07, 6.45) is 0.371. The minimum absolute atomic E-state index is 0.110. The van der Waals surface area contributed by atoms with Gasteiger partial charge >= 0.3 is 6.61 Å². The molecule has 0 aliphatic rings. The van der Waals surface area contributed by atoms with Crippen LogP contribution < -0.4 is 14.8 Å². The van der Waals surface area contributed by atoms with Gasteiger partial charge < -0.3 is 14.8 Å². The quantitative estimate of drug-likeness (QED) is 0.785. The van der Waals surface area contributed by atoms with Gasteiger partial charge in [-0.2, -0.15) is 8.78 Å². The lowest BCUT2D eigenvalue weighted by Gasteiger charge is -2.11. The molecule has 1 N–H and O–H groups in total. The van der Waals surface area contributed by atoms with E-state index in [2.05, 4.69) is 10.1 Å². The standard InChI is InChI=1S/C17H16ClF2NO3/c18-13-5-7-14(8-6-13)23-11-16(22)21-10-9-12-3-1-2-4-15(12)24-17(19)20/h1-8,17H,9-11H2,(H,21,22). The normalized spacial score (nSPS) is 10.5. The second kappa shape index (κ2) is 9.08. The van der Waals surface area contributed by atoms with E-state index < -0.39 is 6.61 Å². The monoisotopic (exact) mass is 355 g/mol. The van der Waals surface area contributed by atoms with Crippen LogP contribution in [0.15, 0.2) is 48.5 Å². The summed E-state index contributed by atoms with van der Waals surface area (Å²) in [5.41, 5.74) is 0.594. The Morgan fingerprint density at radius 2 is 1.83 bits per heavy atom. The van der Waals surface area contributed by atoms with Crippen LogP contribution in [0.25, 0.3) is 0 Å². The number of para-hydroxylation sites is 1. The number of benzene rings is 2. The number of nitrogens with one attached hydrogen (secondary N) is 1. The van der Waals surface area contributed by atoms with Crippen molar-refractivity contribution in [3.63, 3.8) is 0 Å². The van der Waals surface area contributed by atoms with Crippen molar-refractivity contribution in [3.8, 4) is 11.5 Å². The summed E-state index contributed by atoms with van der Waals surface area (Å²) < 4.78 is 34.4. The van der Waals surface area contributed by atoms with E-state index >= 15 is 0 Å². The third kappa shape index (κ3) is 6.04. The number of ether oxygens (including phenoxy) is 2. The number of rotatable bonds is 8. The van der Waals surface area contributed by atoms with E-state index in [1.54, 1.807) is 42.5 Å². The Morgan fingerprint density at radius 3 is 2.54 bits per heavy atom. The average molecular weight is 356 g/mol. The Balaban J connectivity index is 1.75. The van der Waals surface area contributed by atoms with Crippen LogP contribution in [0.3, 0.4) is 0 Å². The number of amides is 1. The Bertz CT molecular complexity index is 665. The zero-order valence-corrected chi connectivity index (χ0v) is 13.4. The van der Waals surface area contributed by atoms with Crippen LogP contribution in [-0.4, -0.2) is 25.7 Å². The van der Waals surface area contributed by atoms with Crippen molar-refractivity contribution in [3.05, 3.63) is 59.1 Å². The molecular formula is C17H16ClF2NO3. The molecule has 2 aromatic carbocycles. The van der Waals surface area contributed by atoms with Gasteiger partial charge in [0.05, 0.1) is 0 Å². The van der Waals surface area contributed by atoms with Gasteiger partial charge in [0.2, 0.25) is 0 Å². The van der Waals surface area contributed by atoms with E-state index in [1.165, 1.54) is 6.07 Å². The first-order chi connectivity index (χ1) is 11.5. The highest BCUT2D eigenvalue weighted by Gasteiger charge is 2.09. The van der Waals surface area contributed by atoms with Crippen molar-refractivity contribution >= 4 is 17.5 Å². The molecule has 0 radical (unpaired) electrons. The molecule has 128 valence electrons. The first-order valence-corrected chi connectivity index (χ1v) is 7.60. The second-order valence-corrected chi connectivity index (χ2v) is 5.27. The zero-order chi connectivity index (χ0) is 17.4. The predicted octanol–water partition coefficient (Wildman–Crippen LogP) is 3.68. The van der Waals surface area contributed by atoms with E-state index in [1.807, 2.05) is 0 Å². The molecule has 0 spiro atoms. The fraction of sp³-hybridized carbons (Fsp3) is 0.235.